The van der Waals surface area contributed by atoms with Crippen LogP contribution in [0.2, 0.25) is 0 Å². The molecule has 0 fully saturated rings. The number of hydrogen-bond donors (Lipinski definition) is 0. The van der Waals surface area contributed by atoms with Crippen molar-refractivity contribution in [1.29, 1.82) is 0 Å². The fourth-order valence-electron chi connectivity index (χ4n) is 10.9. The molecule has 3 aliphatic rings. The van der Waals surface area contributed by atoms with Crippen molar-refractivity contribution in [3.8, 4) is 66.8 Å². The fraction of sp³-hybridized carbons (Fsp3) is 0.0169. The molecule has 1 unspecified atom stereocenters. The number of hydrogen-bond acceptors (Lipinski definition) is 1. The van der Waals surface area contributed by atoms with E-state index in [4.69, 9.17) is 0 Å². The molecule has 0 amide bonds. The molecule has 0 N–H and O–H groups in total. The Morgan fingerprint density at radius 1 is 0.267 bits per heavy atom. The molecule has 0 bridgehead atoms. The molecular formula is C59H37N. The second kappa shape index (κ2) is 12.6. The Hall–Kier alpha value is -7.74. The largest absolute Gasteiger partial charge is 0.310 e. The maximum absolute atomic E-state index is 2.56. The van der Waals surface area contributed by atoms with Crippen LogP contribution in [0.4, 0.5) is 17.1 Å². The zero-order chi connectivity index (χ0) is 39.4. The molecule has 10 aromatic carbocycles. The van der Waals surface area contributed by atoms with Gasteiger partial charge in [-0.25, -0.2) is 0 Å². The van der Waals surface area contributed by atoms with E-state index in [0.717, 1.165) is 17.1 Å². The molecule has 0 aliphatic heterocycles. The minimum atomic E-state index is -0.454. The van der Waals surface area contributed by atoms with Gasteiger partial charge in [-0.3, -0.25) is 0 Å². The summed E-state index contributed by atoms with van der Waals surface area (Å²) < 4.78 is 0. The van der Waals surface area contributed by atoms with Crippen LogP contribution in [0.3, 0.4) is 0 Å². The summed E-state index contributed by atoms with van der Waals surface area (Å²) in [6.07, 6.45) is 0. The highest BCUT2D eigenvalue weighted by Gasteiger charge is 2.52. The first-order valence-corrected chi connectivity index (χ1v) is 20.9. The first kappa shape index (κ1) is 33.3. The van der Waals surface area contributed by atoms with Crippen LogP contribution in [0.1, 0.15) is 22.3 Å². The van der Waals surface area contributed by atoms with Gasteiger partial charge in [0.25, 0.3) is 0 Å². The minimum Gasteiger partial charge on any atom is -0.310 e. The molecule has 0 heterocycles. The van der Waals surface area contributed by atoms with Gasteiger partial charge in [-0.2, -0.15) is 0 Å². The van der Waals surface area contributed by atoms with Gasteiger partial charge in [0.15, 0.2) is 0 Å². The standard InChI is InChI=1S/C59H37N/c1-3-14-38(15-4-1)39-26-28-40(29-27-39)41-30-32-43(33-31-41)60(42-16-5-2-6-17-42)44-34-35-55-51(36-44)47-20-9-11-24-53(47)59(55)54-25-12-10-21-49(54)58-50-23-13-22-48-45-18-7-8-19-46(45)52(57(48)50)37-56(58)59/h1-37H. The van der Waals surface area contributed by atoms with Crippen LogP contribution in [0.25, 0.3) is 77.5 Å². The van der Waals surface area contributed by atoms with Gasteiger partial charge in [0.2, 0.25) is 0 Å². The van der Waals surface area contributed by atoms with Crippen molar-refractivity contribution in [2.24, 2.45) is 0 Å². The van der Waals surface area contributed by atoms with Gasteiger partial charge in [-0.15, -0.1) is 0 Å². The van der Waals surface area contributed by atoms with Gasteiger partial charge >= 0.3 is 0 Å². The molecule has 0 aromatic heterocycles. The highest BCUT2D eigenvalue weighted by molar-refractivity contribution is 6.21. The molecule has 0 radical (unpaired) electrons. The van der Waals surface area contributed by atoms with Crippen molar-refractivity contribution in [1.82, 2.24) is 0 Å². The third kappa shape index (κ3) is 4.52. The van der Waals surface area contributed by atoms with Crippen LogP contribution >= 0.6 is 0 Å². The number of para-hydroxylation sites is 1. The Kier molecular flexibility index (Phi) is 7.00. The highest BCUT2D eigenvalue weighted by Crippen LogP contribution is 2.66. The van der Waals surface area contributed by atoms with Crippen molar-refractivity contribution in [2.75, 3.05) is 4.90 Å². The number of nitrogens with zero attached hydrogens (tertiary/aromatic N) is 1. The van der Waals surface area contributed by atoms with Crippen LogP contribution < -0.4 is 4.90 Å². The van der Waals surface area contributed by atoms with E-state index >= 15 is 0 Å². The minimum absolute atomic E-state index is 0.454. The molecule has 0 saturated heterocycles. The highest BCUT2D eigenvalue weighted by atomic mass is 15.1. The number of anilines is 3. The van der Waals surface area contributed by atoms with Gasteiger partial charge < -0.3 is 4.90 Å². The average Bonchev–Trinajstić information content (AvgIpc) is 3.92. The summed E-state index contributed by atoms with van der Waals surface area (Å²) in [4.78, 5) is 2.40. The van der Waals surface area contributed by atoms with Gasteiger partial charge in [0, 0.05) is 17.1 Å². The van der Waals surface area contributed by atoms with Crippen LogP contribution in [0.5, 0.6) is 0 Å². The quantitative estimate of drug-likeness (QED) is 0.169. The van der Waals surface area contributed by atoms with Crippen LogP contribution in [0.15, 0.2) is 224 Å². The van der Waals surface area contributed by atoms with Crippen molar-refractivity contribution >= 4 is 27.8 Å². The summed E-state index contributed by atoms with van der Waals surface area (Å²) in [7, 11) is 0. The third-order valence-corrected chi connectivity index (χ3v) is 13.4. The first-order valence-electron chi connectivity index (χ1n) is 20.9. The topological polar surface area (TPSA) is 3.24 Å². The Morgan fingerprint density at radius 3 is 1.45 bits per heavy atom. The van der Waals surface area contributed by atoms with Crippen molar-refractivity contribution < 1.29 is 0 Å². The lowest BCUT2D eigenvalue weighted by Gasteiger charge is -2.31. The lowest BCUT2D eigenvalue weighted by Crippen LogP contribution is -2.26. The summed E-state index contributed by atoms with van der Waals surface area (Å²) in [6.45, 7) is 0. The van der Waals surface area contributed by atoms with Gasteiger partial charge in [-0.1, -0.05) is 182 Å². The predicted octanol–water partition coefficient (Wildman–Crippen LogP) is 15.6. The molecule has 0 saturated carbocycles. The van der Waals surface area contributed by atoms with E-state index in [9.17, 15) is 0 Å². The van der Waals surface area contributed by atoms with E-state index < -0.39 is 5.41 Å². The molecular weight excluding hydrogens is 723 g/mol. The maximum atomic E-state index is 2.56. The molecule has 1 nitrogen and oxygen atoms in total. The maximum Gasteiger partial charge on any atom is 0.0726 e. The second-order valence-electron chi connectivity index (χ2n) is 16.4. The zero-order valence-corrected chi connectivity index (χ0v) is 32.8. The number of rotatable bonds is 5. The number of benzene rings is 10. The molecule has 13 rings (SSSR count). The smallest absolute Gasteiger partial charge is 0.0726 e. The summed E-state index contributed by atoms with van der Waals surface area (Å²) in [5, 5.41) is 2.72. The Balaban J connectivity index is 0.984. The summed E-state index contributed by atoms with van der Waals surface area (Å²) in [5.41, 5.74) is 23.8. The Labute approximate surface area is 350 Å². The fourth-order valence-corrected chi connectivity index (χ4v) is 10.9. The molecule has 10 aromatic rings. The monoisotopic (exact) mass is 759 g/mol. The number of fused-ring (bicyclic) bond motifs is 14. The lowest BCUT2D eigenvalue weighted by molar-refractivity contribution is 0.795. The van der Waals surface area contributed by atoms with Crippen molar-refractivity contribution in [3.05, 3.63) is 247 Å². The molecule has 1 atom stereocenters. The first-order chi connectivity index (χ1) is 29.8. The van der Waals surface area contributed by atoms with Gasteiger partial charge in [0.1, 0.15) is 0 Å². The molecule has 3 aliphatic carbocycles. The van der Waals surface area contributed by atoms with Crippen LogP contribution in [-0.4, -0.2) is 0 Å². The normalized spacial score (nSPS) is 14.7. The van der Waals surface area contributed by atoms with E-state index in [0.29, 0.717) is 0 Å². The van der Waals surface area contributed by atoms with Crippen LogP contribution in [0, 0.1) is 0 Å². The Bertz CT molecular complexity index is 3340. The molecule has 1 spiro atoms. The van der Waals surface area contributed by atoms with Gasteiger partial charge in [-0.05, 0) is 142 Å². The average molecular weight is 760 g/mol. The van der Waals surface area contributed by atoms with E-state index in [1.165, 1.54) is 99.8 Å². The molecule has 60 heavy (non-hydrogen) atoms. The third-order valence-electron chi connectivity index (χ3n) is 13.4. The second-order valence-corrected chi connectivity index (χ2v) is 16.4. The van der Waals surface area contributed by atoms with E-state index in [2.05, 4.69) is 229 Å². The van der Waals surface area contributed by atoms with Crippen LogP contribution in [-0.2, 0) is 5.41 Å². The van der Waals surface area contributed by atoms with E-state index in [1.807, 2.05) is 0 Å². The lowest BCUT2D eigenvalue weighted by atomic mass is 9.70. The van der Waals surface area contributed by atoms with Crippen molar-refractivity contribution in [3.63, 3.8) is 0 Å². The molecule has 278 valence electrons. The summed E-state index contributed by atoms with van der Waals surface area (Å²) in [6, 6.07) is 83.3. The Morgan fingerprint density at radius 2 is 0.750 bits per heavy atom. The van der Waals surface area contributed by atoms with E-state index in [-0.39, 0.29) is 0 Å². The van der Waals surface area contributed by atoms with Crippen molar-refractivity contribution in [2.45, 2.75) is 5.41 Å². The van der Waals surface area contributed by atoms with E-state index in [1.54, 1.807) is 0 Å². The molecule has 1 heteroatoms. The van der Waals surface area contributed by atoms with Gasteiger partial charge in [0.05, 0.1) is 5.41 Å². The predicted molar refractivity (Wildman–Crippen MR) is 250 cm³/mol. The SMILES string of the molecule is c1ccc(-c2ccc(-c3ccc(N(c4ccccc4)c4ccc5c(c4)-c4ccccc4C54c5ccccc5-c5c4cc4c6c(cccc56)-c5ccccc5-4)cc3)cc2)cc1. The summed E-state index contributed by atoms with van der Waals surface area (Å²) in [5.74, 6) is 0. The zero-order valence-electron chi connectivity index (χ0n) is 32.8. The summed E-state index contributed by atoms with van der Waals surface area (Å²) >= 11 is 0.